The van der Waals surface area contributed by atoms with Crippen LogP contribution in [-0.2, 0) is 13.0 Å². The minimum atomic E-state index is 0.482. The first-order chi connectivity index (χ1) is 10.3. The molecule has 2 aromatic rings. The molecular weight excluding hydrogens is 258 g/mol. The summed E-state index contributed by atoms with van der Waals surface area (Å²) in [6, 6.07) is 10.8. The molecule has 0 fully saturated rings. The van der Waals surface area contributed by atoms with Crippen LogP contribution in [0.3, 0.4) is 0 Å². The molecular formula is C18H27N3. The van der Waals surface area contributed by atoms with Gasteiger partial charge in [-0.3, -0.25) is 0 Å². The molecule has 0 amide bonds. The van der Waals surface area contributed by atoms with Crippen LogP contribution < -0.4 is 5.32 Å². The van der Waals surface area contributed by atoms with Crippen molar-refractivity contribution >= 4 is 0 Å². The summed E-state index contributed by atoms with van der Waals surface area (Å²) >= 11 is 0. The summed E-state index contributed by atoms with van der Waals surface area (Å²) in [6.45, 7) is 7.56. The highest BCUT2D eigenvalue weighted by Gasteiger charge is 2.14. The van der Waals surface area contributed by atoms with E-state index in [1.807, 2.05) is 6.20 Å². The molecule has 0 radical (unpaired) electrons. The van der Waals surface area contributed by atoms with Gasteiger partial charge in [0.05, 0.1) is 0 Å². The number of benzene rings is 1. The average Bonchev–Trinajstić information content (AvgIpc) is 2.95. The van der Waals surface area contributed by atoms with Crippen LogP contribution in [0, 0.1) is 0 Å². The van der Waals surface area contributed by atoms with Crippen molar-refractivity contribution in [1.29, 1.82) is 0 Å². The Morgan fingerprint density at radius 2 is 1.95 bits per heavy atom. The van der Waals surface area contributed by atoms with E-state index >= 15 is 0 Å². The molecule has 21 heavy (non-hydrogen) atoms. The normalized spacial score (nSPS) is 12.5. The monoisotopic (exact) mass is 285 g/mol. The lowest BCUT2D eigenvalue weighted by atomic mass is 9.95. The minimum Gasteiger partial charge on any atom is -0.335 e. The van der Waals surface area contributed by atoms with Gasteiger partial charge in [-0.25, -0.2) is 4.98 Å². The predicted molar refractivity (Wildman–Crippen MR) is 88.6 cm³/mol. The van der Waals surface area contributed by atoms with Gasteiger partial charge in [0.1, 0.15) is 5.82 Å². The number of rotatable bonds is 9. The van der Waals surface area contributed by atoms with Crippen LogP contribution in [-0.4, -0.2) is 22.6 Å². The van der Waals surface area contributed by atoms with Crippen molar-refractivity contribution in [1.82, 2.24) is 14.9 Å². The molecule has 3 nitrogen and oxygen atoms in total. The summed E-state index contributed by atoms with van der Waals surface area (Å²) in [6.07, 6.45) is 7.33. The Hall–Kier alpha value is -1.61. The van der Waals surface area contributed by atoms with Crippen LogP contribution in [0.5, 0.6) is 0 Å². The van der Waals surface area contributed by atoms with Gasteiger partial charge in [0.15, 0.2) is 0 Å². The summed E-state index contributed by atoms with van der Waals surface area (Å²) in [7, 11) is 0. The fourth-order valence-electron chi connectivity index (χ4n) is 2.68. The van der Waals surface area contributed by atoms with Gasteiger partial charge < -0.3 is 9.88 Å². The quantitative estimate of drug-likeness (QED) is 0.713. The second-order valence-corrected chi connectivity index (χ2v) is 5.55. The summed E-state index contributed by atoms with van der Waals surface area (Å²) in [5, 5.41) is 3.56. The van der Waals surface area contributed by atoms with Gasteiger partial charge in [-0.2, -0.15) is 0 Å². The average molecular weight is 285 g/mol. The first-order valence-corrected chi connectivity index (χ1v) is 8.10. The van der Waals surface area contributed by atoms with E-state index in [1.54, 1.807) is 0 Å². The van der Waals surface area contributed by atoms with Crippen molar-refractivity contribution in [2.75, 3.05) is 13.1 Å². The molecule has 0 aliphatic heterocycles. The maximum Gasteiger partial charge on any atom is 0.109 e. The van der Waals surface area contributed by atoms with Gasteiger partial charge >= 0.3 is 0 Å². The Labute approximate surface area is 128 Å². The molecule has 1 aromatic carbocycles. The summed E-state index contributed by atoms with van der Waals surface area (Å²) in [5.41, 5.74) is 1.40. The first-order valence-electron chi connectivity index (χ1n) is 8.10. The lowest BCUT2D eigenvalue weighted by Gasteiger charge is -2.18. The van der Waals surface area contributed by atoms with Gasteiger partial charge in [-0.15, -0.1) is 0 Å². The lowest BCUT2D eigenvalue weighted by Crippen LogP contribution is -2.24. The van der Waals surface area contributed by atoms with Crippen molar-refractivity contribution in [3.8, 4) is 0 Å². The largest absolute Gasteiger partial charge is 0.335 e. The Morgan fingerprint density at radius 1 is 1.14 bits per heavy atom. The second-order valence-electron chi connectivity index (χ2n) is 5.55. The van der Waals surface area contributed by atoms with E-state index in [1.165, 1.54) is 17.8 Å². The van der Waals surface area contributed by atoms with Crippen LogP contribution in [0.2, 0.25) is 0 Å². The smallest absolute Gasteiger partial charge is 0.109 e. The van der Waals surface area contributed by atoms with Crippen molar-refractivity contribution in [2.45, 2.75) is 45.6 Å². The number of aryl methyl sites for hydroxylation is 1. The van der Waals surface area contributed by atoms with Crippen molar-refractivity contribution < 1.29 is 0 Å². The topological polar surface area (TPSA) is 29.9 Å². The number of nitrogens with one attached hydrogen (secondary N) is 1. The highest BCUT2D eigenvalue weighted by molar-refractivity contribution is 5.21. The number of hydrogen-bond donors (Lipinski definition) is 1. The predicted octanol–water partition coefficient (Wildman–Crippen LogP) is 3.62. The summed E-state index contributed by atoms with van der Waals surface area (Å²) in [4.78, 5) is 4.56. The third-order valence-electron chi connectivity index (χ3n) is 3.78. The second kappa shape index (κ2) is 8.63. The Kier molecular flexibility index (Phi) is 6.48. The van der Waals surface area contributed by atoms with Crippen molar-refractivity contribution in [2.24, 2.45) is 0 Å². The van der Waals surface area contributed by atoms with Crippen molar-refractivity contribution in [3.05, 3.63) is 54.1 Å². The molecule has 0 bridgehead atoms. The zero-order valence-electron chi connectivity index (χ0n) is 13.3. The highest BCUT2D eigenvalue weighted by atomic mass is 15.1. The van der Waals surface area contributed by atoms with Crippen LogP contribution in [0.25, 0.3) is 0 Å². The molecule has 114 valence electrons. The third-order valence-corrected chi connectivity index (χ3v) is 3.78. The number of hydrogen-bond acceptors (Lipinski definition) is 2. The molecule has 1 aromatic heterocycles. The van der Waals surface area contributed by atoms with Gasteiger partial charge in [0, 0.05) is 37.8 Å². The lowest BCUT2D eigenvalue weighted by molar-refractivity contribution is 0.544. The molecule has 1 unspecified atom stereocenters. The Bertz CT molecular complexity index is 504. The highest BCUT2D eigenvalue weighted by Crippen LogP contribution is 2.20. The summed E-state index contributed by atoms with van der Waals surface area (Å²) < 4.78 is 2.29. The fraction of sp³-hybridized carbons (Fsp3) is 0.500. The molecule has 0 saturated heterocycles. The first kappa shape index (κ1) is 15.8. The van der Waals surface area contributed by atoms with E-state index in [0.29, 0.717) is 5.92 Å². The summed E-state index contributed by atoms with van der Waals surface area (Å²) in [5.74, 6) is 1.68. The van der Waals surface area contributed by atoms with Crippen molar-refractivity contribution in [3.63, 3.8) is 0 Å². The van der Waals surface area contributed by atoms with Crippen LogP contribution >= 0.6 is 0 Å². The molecule has 0 aliphatic rings. The number of nitrogens with zero attached hydrogens (tertiary/aromatic N) is 2. The molecule has 1 heterocycles. The standard InChI is InChI=1S/C18H27N3/c1-3-10-19-15-17(16-8-6-5-7-9-16)14-18-20-11-13-21(18)12-4-2/h5-9,11,13,17,19H,3-4,10,12,14-15H2,1-2H3. The zero-order valence-corrected chi connectivity index (χ0v) is 13.3. The Morgan fingerprint density at radius 3 is 2.67 bits per heavy atom. The molecule has 0 aliphatic carbocycles. The number of imidazole rings is 1. The Balaban J connectivity index is 2.09. The number of aromatic nitrogens is 2. The third kappa shape index (κ3) is 4.71. The maximum atomic E-state index is 4.56. The minimum absolute atomic E-state index is 0.482. The van der Waals surface area contributed by atoms with Crippen LogP contribution in [0.15, 0.2) is 42.7 Å². The molecule has 1 atom stereocenters. The van der Waals surface area contributed by atoms with E-state index < -0.39 is 0 Å². The SMILES string of the molecule is CCCNCC(Cc1nccn1CCC)c1ccccc1. The molecule has 0 spiro atoms. The van der Waals surface area contributed by atoms with E-state index in [2.05, 4.69) is 65.2 Å². The molecule has 0 saturated carbocycles. The molecule has 3 heteroatoms. The zero-order chi connectivity index (χ0) is 14.9. The molecule has 1 N–H and O–H groups in total. The fourth-order valence-corrected chi connectivity index (χ4v) is 2.68. The van der Waals surface area contributed by atoms with Gasteiger partial charge in [-0.1, -0.05) is 44.2 Å². The van der Waals surface area contributed by atoms with Gasteiger partial charge in [0.2, 0.25) is 0 Å². The van der Waals surface area contributed by atoms with Crippen LogP contribution in [0.4, 0.5) is 0 Å². The van der Waals surface area contributed by atoms with E-state index in [9.17, 15) is 0 Å². The van der Waals surface area contributed by atoms with Crippen LogP contribution in [0.1, 0.15) is 44.0 Å². The van der Waals surface area contributed by atoms with Gasteiger partial charge in [0.25, 0.3) is 0 Å². The van der Waals surface area contributed by atoms with E-state index in [0.717, 1.165) is 32.5 Å². The van der Waals surface area contributed by atoms with E-state index in [4.69, 9.17) is 0 Å². The molecule has 2 rings (SSSR count). The maximum absolute atomic E-state index is 4.56. The van der Waals surface area contributed by atoms with E-state index in [-0.39, 0.29) is 0 Å². The van der Waals surface area contributed by atoms with Gasteiger partial charge in [-0.05, 0) is 24.9 Å².